The lowest BCUT2D eigenvalue weighted by Gasteiger charge is -2.17. The number of amides is 1. The summed E-state index contributed by atoms with van der Waals surface area (Å²) in [7, 11) is 1.70. The van der Waals surface area contributed by atoms with Crippen molar-refractivity contribution in [3.8, 4) is 0 Å². The van der Waals surface area contributed by atoms with E-state index >= 15 is 0 Å². The van der Waals surface area contributed by atoms with Crippen LogP contribution in [0.5, 0.6) is 0 Å². The van der Waals surface area contributed by atoms with E-state index in [2.05, 4.69) is 71.3 Å². The number of para-hydroxylation sites is 1. The standard InChI is InChI=1S/C24H36N4O2.C2HF3O2/c1-6-26(7-2)14-10-13-25-24(29)22-17-21-23(27(22)15-16-30-5)19-11-8-9-12-20(19)28(21)18(3)4;3-2(4,5)1(6)7/h8-9,11-12,17-18H,6-7,10,13-16H2,1-5H3,(H,25,29);(H,6,7). The number of aliphatic carboxylic acids is 1. The zero-order chi connectivity index (χ0) is 27.8. The Morgan fingerprint density at radius 1 is 1.14 bits per heavy atom. The number of methoxy groups -OCH3 is 1. The van der Waals surface area contributed by atoms with Crippen molar-refractivity contribution in [2.45, 2.75) is 52.9 Å². The van der Waals surface area contributed by atoms with E-state index in [4.69, 9.17) is 14.6 Å². The van der Waals surface area contributed by atoms with Gasteiger partial charge in [-0.25, -0.2) is 4.79 Å². The van der Waals surface area contributed by atoms with Gasteiger partial charge in [0, 0.05) is 31.6 Å². The van der Waals surface area contributed by atoms with Crippen molar-refractivity contribution < 1.29 is 32.6 Å². The molecule has 1 amide bonds. The fraction of sp³-hybridized carbons (Fsp3) is 0.538. The molecule has 0 unspecified atom stereocenters. The number of nitrogens with one attached hydrogen (secondary N) is 1. The molecule has 0 atom stereocenters. The Morgan fingerprint density at radius 3 is 2.30 bits per heavy atom. The minimum atomic E-state index is -5.08. The molecule has 0 saturated carbocycles. The number of nitrogens with zero attached hydrogens (tertiary/aromatic N) is 3. The highest BCUT2D eigenvalue weighted by molar-refractivity contribution is 6.10. The molecule has 2 heterocycles. The molecule has 0 aliphatic rings. The number of carbonyl (C=O) groups is 2. The quantitative estimate of drug-likeness (QED) is 0.347. The molecule has 0 aliphatic carbocycles. The van der Waals surface area contributed by atoms with Gasteiger partial charge in [0.05, 0.1) is 23.2 Å². The third-order valence-corrected chi connectivity index (χ3v) is 6.10. The van der Waals surface area contributed by atoms with Crippen LogP contribution in [0.25, 0.3) is 21.9 Å². The van der Waals surface area contributed by atoms with Crippen LogP contribution in [0.15, 0.2) is 30.3 Å². The SMILES string of the molecule is CCN(CC)CCCNC(=O)c1cc2c(c3ccccc3n2C(C)C)n1CCOC.O=C(O)C(F)(F)F. The lowest BCUT2D eigenvalue weighted by molar-refractivity contribution is -0.192. The Labute approximate surface area is 215 Å². The van der Waals surface area contributed by atoms with Gasteiger partial charge in [-0.1, -0.05) is 32.0 Å². The van der Waals surface area contributed by atoms with Gasteiger partial charge in [-0.2, -0.15) is 13.2 Å². The summed E-state index contributed by atoms with van der Waals surface area (Å²) in [5.74, 6) is -2.77. The summed E-state index contributed by atoms with van der Waals surface area (Å²) in [5, 5.41) is 11.4. The lowest BCUT2D eigenvalue weighted by atomic mass is 10.2. The largest absolute Gasteiger partial charge is 0.490 e. The zero-order valence-electron chi connectivity index (χ0n) is 22.1. The third kappa shape index (κ3) is 7.48. The molecule has 206 valence electrons. The third-order valence-electron chi connectivity index (χ3n) is 6.10. The Kier molecular flexibility index (Phi) is 11.0. The average Bonchev–Trinajstić information content (AvgIpc) is 3.37. The normalized spacial score (nSPS) is 11.8. The number of halogens is 3. The van der Waals surface area contributed by atoms with Crippen LogP contribution >= 0.6 is 0 Å². The van der Waals surface area contributed by atoms with Crippen molar-refractivity contribution in [1.82, 2.24) is 19.4 Å². The summed E-state index contributed by atoms with van der Waals surface area (Å²) in [4.78, 5) is 24.4. The van der Waals surface area contributed by atoms with Crippen LogP contribution in [0.1, 0.15) is 50.6 Å². The number of aromatic nitrogens is 2. The highest BCUT2D eigenvalue weighted by Crippen LogP contribution is 2.34. The van der Waals surface area contributed by atoms with Crippen molar-refractivity contribution in [1.29, 1.82) is 0 Å². The van der Waals surface area contributed by atoms with Crippen molar-refractivity contribution in [2.75, 3.05) is 39.9 Å². The van der Waals surface area contributed by atoms with Crippen molar-refractivity contribution in [3.05, 3.63) is 36.0 Å². The molecule has 11 heteroatoms. The molecule has 3 aromatic rings. The first kappa shape index (κ1) is 30.2. The minimum absolute atomic E-state index is 0.0127. The van der Waals surface area contributed by atoms with E-state index in [-0.39, 0.29) is 5.91 Å². The molecule has 37 heavy (non-hydrogen) atoms. The van der Waals surface area contributed by atoms with Gasteiger partial charge in [-0.15, -0.1) is 0 Å². The molecule has 3 rings (SSSR count). The van der Waals surface area contributed by atoms with E-state index in [9.17, 15) is 18.0 Å². The maximum absolute atomic E-state index is 13.1. The monoisotopic (exact) mass is 526 g/mol. The Balaban J connectivity index is 0.000000604. The second-order valence-electron chi connectivity index (χ2n) is 8.83. The molecule has 0 saturated heterocycles. The topological polar surface area (TPSA) is 88.7 Å². The second kappa shape index (κ2) is 13.5. The molecule has 1 aromatic carbocycles. The van der Waals surface area contributed by atoms with Crippen LogP contribution < -0.4 is 5.32 Å². The molecular formula is C26H37F3N4O4. The molecular weight excluding hydrogens is 489 g/mol. The summed E-state index contributed by atoms with van der Waals surface area (Å²) in [5.41, 5.74) is 4.13. The number of carboxylic acid groups (broad SMARTS) is 1. The second-order valence-corrected chi connectivity index (χ2v) is 8.83. The van der Waals surface area contributed by atoms with Gasteiger partial charge in [0.1, 0.15) is 5.69 Å². The number of benzene rings is 1. The van der Waals surface area contributed by atoms with E-state index in [0.717, 1.165) is 37.1 Å². The Bertz CT molecular complexity index is 1180. The van der Waals surface area contributed by atoms with Gasteiger partial charge >= 0.3 is 12.1 Å². The van der Waals surface area contributed by atoms with Gasteiger partial charge < -0.3 is 29.2 Å². The van der Waals surface area contributed by atoms with Crippen molar-refractivity contribution in [2.24, 2.45) is 0 Å². The number of rotatable bonds is 11. The van der Waals surface area contributed by atoms with Crippen molar-refractivity contribution >= 4 is 33.8 Å². The Hall–Kier alpha value is -3.05. The summed E-state index contributed by atoms with van der Waals surface area (Å²) < 4.78 is 41.5. The molecule has 0 aliphatic heterocycles. The number of fused-ring (bicyclic) bond motifs is 3. The summed E-state index contributed by atoms with van der Waals surface area (Å²) in [6, 6.07) is 10.8. The highest BCUT2D eigenvalue weighted by Gasteiger charge is 2.38. The number of hydrogen-bond acceptors (Lipinski definition) is 4. The average molecular weight is 527 g/mol. The molecule has 0 spiro atoms. The predicted octanol–water partition coefficient (Wildman–Crippen LogP) is 4.92. The summed E-state index contributed by atoms with van der Waals surface area (Å²) in [6.07, 6.45) is -4.13. The highest BCUT2D eigenvalue weighted by atomic mass is 19.4. The van der Waals surface area contributed by atoms with Gasteiger partial charge in [0.15, 0.2) is 0 Å². The number of ether oxygens (including phenoxy) is 1. The van der Waals surface area contributed by atoms with Crippen LogP contribution in [-0.4, -0.2) is 77.1 Å². The summed E-state index contributed by atoms with van der Waals surface area (Å²) in [6.45, 7) is 13.7. The predicted molar refractivity (Wildman–Crippen MR) is 138 cm³/mol. The summed E-state index contributed by atoms with van der Waals surface area (Å²) >= 11 is 0. The van der Waals surface area contributed by atoms with Gasteiger partial charge in [0.25, 0.3) is 5.91 Å². The first-order valence-corrected chi connectivity index (χ1v) is 12.4. The minimum Gasteiger partial charge on any atom is -0.475 e. The van der Waals surface area contributed by atoms with Gasteiger partial charge in [0.2, 0.25) is 0 Å². The first-order chi connectivity index (χ1) is 17.5. The fourth-order valence-electron chi connectivity index (χ4n) is 4.31. The molecule has 0 fully saturated rings. The van der Waals surface area contributed by atoms with Crippen LogP contribution in [-0.2, 0) is 16.1 Å². The Morgan fingerprint density at radius 2 is 1.76 bits per heavy atom. The van der Waals surface area contributed by atoms with E-state index in [1.165, 1.54) is 10.9 Å². The van der Waals surface area contributed by atoms with Crippen LogP contribution in [0, 0.1) is 0 Å². The first-order valence-electron chi connectivity index (χ1n) is 12.4. The number of hydrogen-bond donors (Lipinski definition) is 2. The van der Waals surface area contributed by atoms with Crippen LogP contribution in [0.4, 0.5) is 13.2 Å². The fourth-order valence-corrected chi connectivity index (χ4v) is 4.31. The van der Waals surface area contributed by atoms with E-state index in [1.54, 1.807) is 7.11 Å². The maximum atomic E-state index is 13.1. The zero-order valence-corrected chi connectivity index (χ0v) is 22.1. The molecule has 2 N–H and O–H groups in total. The van der Waals surface area contributed by atoms with Crippen molar-refractivity contribution in [3.63, 3.8) is 0 Å². The molecule has 0 radical (unpaired) electrons. The van der Waals surface area contributed by atoms with E-state index < -0.39 is 12.1 Å². The molecule has 0 bridgehead atoms. The van der Waals surface area contributed by atoms with Crippen LogP contribution in [0.3, 0.4) is 0 Å². The number of alkyl halides is 3. The molecule has 2 aromatic heterocycles. The van der Waals surface area contributed by atoms with Gasteiger partial charge in [-0.3, -0.25) is 4.79 Å². The number of carbonyl (C=O) groups excluding carboxylic acids is 1. The lowest BCUT2D eigenvalue weighted by Crippen LogP contribution is -2.31. The maximum Gasteiger partial charge on any atom is 0.490 e. The molecule has 8 nitrogen and oxygen atoms in total. The van der Waals surface area contributed by atoms with Crippen LogP contribution in [0.2, 0.25) is 0 Å². The number of carboxylic acids is 1. The van der Waals surface area contributed by atoms with E-state index in [1.807, 2.05) is 6.07 Å². The van der Waals surface area contributed by atoms with E-state index in [0.29, 0.717) is 31.4 Å². The van der Waals surface area contributed by atoms with Gasteiger partial charge in [-0.05, 0) is 52.0 Å². The smallest absolute Gasteiger partial charge is 0.475 e.